The molecule has 0 fully saturated rings. The molecule has 0 radical (unpaired) electrons. The highest BCUT2D eigenvalue weighted by atomic mass is 19.4. The Bertz CT molecular complexity index is 512. The molecular weight excluding hydrogens is 289 g/mol. The van der Waals surface area contributed by atoms with Crippen molar-refractivity contribution < 1.29 is 27.9 Å². The van der Waals surface area contributed by atoms with Gasteiger partial charge in [0.2, 0.25) is 0 Å². The van der Waals surface area contributed by atoms with Gasteiger partial charge in [0.15, 0.2) is 0 Å². The van der Waals surface area contributed by atoms with Crippen LogP contribution in [0.15, 0.2) is 24.3 Å². The van der Waals surface area contributed by atoms with Gasteiger partial charge in [-0.3, -0.25) is 4.79 Å². The van der Waals surface area contributed by atoms with Gasteiger partial charge >= 0.3 is 18.1 Å². The van der Waals surface area contributed by atoms with Crippen LogP contribution in [0.5, 0.6) is 0 Å². The van der Waals surface area contributed by atoms with Gasteiger partial charge in [0, 0.05) is 26.2 Å². The van der Waals surface area contributed by atoms with E-state index in [4.69, 9.17) is 5.11 Å². The molecule has 0 saturated heterocycles. The number of nitrogens with one attached hydrogen (secondary N) is 1. The Kier molecular flexibility index (Phi) is 5.17. The highest BCUT2D eigenvalue weighted by Crippen LogP contribution is 2.16. The zero-order chi connectivity index (χ0) is 16.2. The fraction of sp³-hybridized carbons (Fsp3) is 0.385. The highest BCUT2D eigenvalue weighted by molar-refractivity contribution is 5.87. The van der Waals surface area contributed by atoms with Crippen LogP contribution < -0.4 is 10.2 Å². The van der Waals surface area contributed by atoms with Crippen LogP contribution in [0, 0.1) is 0 Å². The van der Waals surface area contributed by atoms with Crippen LogP contribution in [0.2, 0.25) is 0 Å². The van der Waals surface area contributed by atoms with Crippen molar-refractivity contribution in [2.45, 2.75) is 18.6 Å². The molecule has 0 heterocycles. The van der Waals surface area contributed by atoms with Gasteiger partial charge in [-0.15, -0.1) is 0 Å². The van der Waals surface area contributed by atoms with E-state index in [1.165, 1.54) is 5.32 Å². The molecule has 21 heavy (non-hydrogen) atoms. The lowest BCUT2D eigenvalue weighted by atomic mass is 10.1. The molecule has 1 aromatic rings. The number of rotatable bonds is 5. The Balaban J connectivity index is 2.79. The average molecular weight is 304 g/mol. The minimum atomic E-state index is -5.11. The summed E-state index contributed by atoms with van der Waals surface area (Å²) in [5.74, 6) is -3.79. The van der Waals surface area contributed by atoms with Crippen LogP contribution in [0.4, 0.5) is 18.9 Å². The second-order valence-electron chi connectivity index (χ2n) is 4.63. The largest absolute Gasteiger partial charge is 0.480 e. The molecule has 0 aliphatic rings. The van der Waals surface area contributed by atoms with Gasteiger partial charge in [-0.2, -0.15) is 13.2 Å². The summed E-state index contributed by atoms with van der Waals surface area (Å²) in [6, 6.07) is 4.99. The van der Waals surface area contributed by atoms with Gasteiger partial charge in [0.25, 0.3) is 0 Å². The van der Waals surface area contributed by atoms with Crippen LogP contribution >= 0.6 is 0 Å². The zero-order valence-electron chi connectivity index (χ0n) is 11.4. The third-order valence-corrected chi connectivity index (χ3v) is 2.75. The average Bonchev–Trinajstić information content (AvgIpc) is 2.37. The van der Waals surface area contributed by atoms with Crippen molar-refractivity contribution in [2.75, 3.05) is 19.0 Å². The minimum absolute atomic E-state index is 0.231. The first-order valence-corrected chi connectivity index (χ1v) is 5.98. The number of anilines is 1. The fourth-order valence-electron chi connectivity index (χ4n) is 1.61. The number of carboxylic acid groups (broad SMARTS) is 1. The summed E-state index contributed by atoms with van der Waals surface area (Å²) in [6.07, 6.45) is -5.34. The first-order valence-electron chi connectivity index (χ1n) is 5.98. The molecule has 1 atom stereocenters. The molecule has 2 N–H and O–H groups in total. The second kappa shape index (κ2) is 6.47. The maximum absolute atomic E-state index is 12.1. The smallest absolute Gasteiger partial charge is 0.471 e. The number of aliphatic carboxylic acids is 1. The molecule has 5 nitrogen and oxygen atoms in total. The van der Waals surface area contributed by atoms with Crippen LogP contribution in [0.3, 0.4) is 0 Å². The predicted octanol–water partition coefficient (Wildman–Crippen LogP) is 1.43. The first-order chi connectivity index (χ1) is 9.61. The van der Waals surface area contributed by atoms with Gasteiger partial charge in [0.05, 0.1) is 0 Å². The number of carbonyl (C=O) groups is 2. The summed E-state index contributed by atoms with van der Waals surface area (Å²) >= 11 is 0. The summed E-state index contributed by atoms with van der Waals surface area (Å²) in [5, 5.41) is 10.4. The molecule has 0 aliphatic carbocycles. The van der Waals surface area contributed by atoms with E-state index >= 15 is 0 Å². The lowest BCUT2D eigenvalue weighted by molar-refractivity contribution is -0.175. The molecule has 1 rings (SSSR count). The number of amides is 1. The Hall–Kier alpha value is -2.25. The number of nitrogens with zero attached hydrogens (tertiary/aromatic N) is 1. The summed E-state index contributed by atoms with van der Waals surface area (Å²) < 4.78 is 36.4. The standard InChI is InChI=1S/C13H15F3N2O3/c1-18(2)9-5-3-8(4-6-9)7-10(11(19)20)17-12(21)13(14,15)16/h3-6,10H,7H2,1-2H3,(H,17,21)(H,19,20)/t10-/m0/s1. The molecular formula is C13H15F3N2O3. The minimum Gasteiger partial charge on any atom is -0.480 e. The van der Waals surface area contributed by atoms with E-state index in [0.29, 0.717) is 5.56 Å². The Morgan fingerprint density at radius 1 is 1.24 bits per heavy atom. The molecule has 0 aliphatic heterocycles. The normalized spacial score (nSPS) is 12.6. The summed E-state index contributed by atoms with van der Waals surface area (Å²) in [5.41, 5.74) is 1.38. The maximum atomic E-state index is 12.1. The number of benzene rings is 1. The van der Waals surface area contributed by atoms with Crippen molar-refractivity contribution in [3.63, 3.8) is 0 Å². The number of halogens is 3. The monoisotopic (exact) mass is 304 g/mol. The van der Waals surface area contributed by atoms with Crippen LogP contribution in [-0.2, 0) is 16.0 Å². The molecule has 0 unspecified atom stereocenters. The number of alkyl halides is 3. The quantitative estimate of drug-likeness (QED) is 0.863. The highest BCUT2D eigenvalue weighted by Gasteiger charge is 2.40. The molecule has 8 heteroatoms. The lowest BCUT2D eigenvalue weighted by Crippen LogP contribution is -2.47. The molecule has 1 amide bonds. The van der Waals surface area contributed by atoms with Crippen LogP contribution in [0.25, 0.3) is 0 Å². The lowest BCUT2D eigenvalue weighted by Gasteiger charge is -2.17. The number of carboxylic acids is 1. The van der Waals surface area contributed by atoms with Gasteiger partial charge in [0.1, 0.15) is 6.04 Å². The topological polar surface area (TPSA) is 69.6 Å². The van der Waals surface area contributed by atoms with E-state index in [0.717, 1.165) is 5.69 Å². The third kappa shape index (κ3) is 4.97. The van der Waals surface area contributed by atoms with Gasteiger partial charge in [-0.25, -0.2) is 4.79 Å². The van der Waals surface area contributed by atoms with E-state index < -0.39 is 24.1 Å². The Morgan fingerprint density at radius 2 is 1.76 bits per heavy atom. The SMILES string of the molecule is CN(C)c1ccc(C[C@H](NC(=O)C(F)(F)F)C(=O)O)cc1. The molecule has 0 saturated carbocycles. The van der Waals surface area contributed by atoms with Crippen LogP contribution in [-0.4, -0.2) is 43.3 Å². The van der Waals surface area contributed by atoms with E-state index in [1.807, 2.05) is 19.0 Å². The van der Waals surface area contributed by atoms with E-state index in [-0.39, 0.29) is 6.42 Å². The molecule has 0 spiro atoms. The van der Waals surface area contributed by atoms with E-state index in [1.54, 1.807) is 24.3 Å². The van der Waals surface area contributed by atoms with Crippen molar-refractivity contribution >= 4 is 17.6 Å². The molecule has 116 valence electrons. The third-order valence-electron chi connectivity index (χ3n) is 2.75. The molecule has 0 bridgehead atoms. The van der Waals surface area contributed by atoms with Gasteiger partial charge < -0.3 is 15.3 Å². The number of carbonyl (C=O) groups excluding carboxylic acids is 1. The zero-order valence-corrected chi connectivity index (χ0v) is 11.4. The van der Waals surface area contributed by atoms with Gasteiger partial charge in [-0.1, -0.05) is 12.1 Å². The summed E-state index contributed by atoms with van der Waals surface area (Å²) in [4.78, 5) is 23.6. The van der Waals surface area contributed by atoms with Gasteiger partial charge in [-0.05, 0) is 17.7 Å². The summed E-state index contributed by atoms with van der Waals surface area (Å²) in [6.45, 7) is 0. The Labute approximate surface area is 119 Å². The van der Waals surface area contributed by atoms with Crippen molar-refractivity contribution in [1.29, 1.82) is 0 Å². The van der Waals surface area contributed by atoms with Crippen molar-refractivity contribution in [1.82, 2.24) is 5.32 Å². The van der Waals surface area contributed by atoms with Crippen molar-refractivity contribution in [3.05, 3.63) is 29.8 Å². The molecule has 0 aromatic heterocycles. The summed E-state index contributed by atoms with van der Waals surface area (Å²) in [7, 11) is 3.64. The van der Waals surface area contributed by atoms with Crippen molar-refractivity contribution in [2.24, 2.45) is 0 Å². The van der Waals surface area contributed by atoms with Crippen LogP contribution in [0.1, 0.15) is 5.56 Å². The fourth-order valence-corrected chi connectivity index (χ4v) is 1.61. The first kappa shape index (κ1) is 16.8. The number of hydrogen-bond donors (Lipinski definition) is 2. The van der Waals surface area contributed by atoms with Crippen molar-refractivity contribution in [3.8, 4) is 0 Å². The molecule has 1 aromatic carbocycles. The van der Waals surface area contributed by atoms with E-state index in [9.17, 15) is 22.8 Å². The number of hydrogen-bond acceptors (Lipinski definition) is 3. The second-order valence-corrected chi connectivity index (χ2v) is 4.63. The maximum Gasteiger partial charge on any atom is 0.471 e. The Morgan fingerprint density at radius 3 is 2.14 bits per heavy atom. The predicted molar refractivity (Wildman–Crippen MR) is 70.1 cm³/mol. The van der Waals surface area contributed by atoms with E-state index in [2.05, 4.69) is 0 Å².